The SMILES string of the molecule is O=C(NC(CC(F)F)C(=O)O)c1cc(C2CC2)nn1-c1ccccc1. The Hall–Kier alpha value is -2.77. The molecule has 0 radical (unpaired) electrons. The molecule has 0 saturated heterocycles. The minimum absolute atomic E-state index is 0.133. The summed E-state index contributed by atoms with van der Waals surface area (Å²) in [5.41, 5.74) is 1.52. The van der Waals surface area contributed by atoms with Gasteiger partial charge in [0.2, 0.25) is 6.43 Å². The highest BCUT2D eigenvalue weighted by Crippen LogP contribution is 2.39. The Balaban J connectivity index is 1.89. The molecule has 1 aromatic heterocycles. The molecule has 1 amide bonds. The highest BCUT2D eigenvalue weighted by Gasteiger charge is 2.31. The standard InChI is InChI=1S/C17H17F2N3O3/c18-15(19)9-13(17(24)25)20-16(23)14-8-12(10-6-7-10)21-22(14)11-4-2-1-3-5-11/h1-5,8,10,13,15H,6-7,9H2,(H,20,23)(H,24,25). The summed E-state index contributed by atoms with van der Waals surface area (Å²) in [6.45, 7) is 0. The lowest BCUT2D eigenvalue weighted by Crippen LogP contribution is -2.42. The first kappa shape index (κ1) is 17.1. The van der Waals surface area contributed by atoms with E-state index < -0.39 is 30.8 Å². The van der Waals surface area contributed by atoms with Crippen LogP contribution in [0.4, 0.5) is 8.78 Å². The summed E-state index contributed by atoms with van der Waals surface area (Å²) in [5.74, 6) is -1.95. The van der Waals surface area contributed by atoms with Gasteiger partial charge in [-0.2, -0.15) is 5.10 Å². The predicted molar refractivity (Wildman–Crippen MR) is 85.1 cm³/mol. The van der Waals surface area contributed by atoms with Gasteiger partial charge in [-0.3, -0.25) is 4.79 Å². The van der Waals surface area contributed by atoms with Crippen LogP contribution in [0.5, 0.6) is 0 Å². The molecule has 1 aliphatic rings. The lowest BCUT2D eigenvalue weighted by atomic mass is 10.2. The first-order valence-electron chi connectivity index (χ1n) is 7.93. The molecule has 0 spiro atoms. The largest absolute Gasteiger partial charge is 0.480 e. The molecule has 0 bridgehead atoms. The second-order valence-electron chi connectivity index (χ2n) is 5.97. The normalized spacial score (nSPS) is 15.2. The molecule has 1 saturated carbocycles. The quantitative estimate of drug-likeness (QED) is 0.805. The summed E-state index contributed by atoms with van der Waals surface area (Å²) in [7, 11) is 0. The van der Waals surface area contributed by atoms with E-state index in [0.29, 0.717) is 5.69 Å². The summed E-state index contributed by atoms with van der Waals surface area (Å²) in [5, 5.41) is 15.6. The Morgan fingerprint density at radius 2 is 1.96 bits per heavy atom. The molecule has 132 valence electrons. The Kier molecular flexibility index (Phi) is 4.78. The van der Waals surface area contributed by atoms with Crippen LogP contribution in [0.15, 0.2) is 36.4 Å². The van der Waals surface area contributed by atoms with Crippen molar-refractivity contribution in [2.24, 2.45) is 0 Å². The summed E-state index contributed by atoms with van der Waals surface area (Å²) in [4.78, 5) is 23.6. The molecule has 2 N–H and O–H groups in total. The Morgan fingerprint density at radius 1 is 1.28 bits per heavy atom. The number of alkyl halides is 2. The van der Waals surface area contributed by atoms with E-state index in [1.54, 1.807) is 30.3 Å². The highest BCUT2D eigenvalue weighted by molar-refractivity contribution is 5.95. The van der Waals surface area contributed by atoms with Gasteiger partial charge < -0.3 is 10.4 Å². The van der Waals surface area contributed by atoms with Crippen LogP contribution in [0.3, 0.4) is 0 Å². The van der Waals surface area contributed by atoms with Gasteiger partial charge in [0.1, 0.15) is 11.7 Å². The van der Waals surface area contributed by atoms with E-state index in [9.17, 15) is 18.4 Å². The van der Waals surface area contributed by atoms with Crippen molar-refractivity contribution < 1.29 is 23.5 Å². The molecule has 1 unspecified atom stereocenters. The highest BCUT2D eigenvalue weighted by atomic mass is 19.3. The van der Waals surface area contributed by atoms with Crippen molar-refractivity contribution in [2.45, 2.75) is 37.6 Å². The molecule has 1 aliphatic carbocycles. The maximum Gasteiger partial charge on any atom is 0.326 e. The number of hydrogen-bond acceptors (Lipinski definition) is 3. The predicted octanol–water partition coefficient (Wildman–Crippen LogP) is 2.59. The van der Waals surface area contributed by atoms with Crippen LogP contribution < -0.4 is 5.32 Å². The monoisotopic (exact) mass is 349 g/mol. The maximum absolute atomic E-state index is 12.5. The fourth-order valence-electron chi connectivity index (χ4n) is 2.54. The number of carboxylic acids is 1. The smallest absolute Gasteiger partial charge is 0.326 e. The number of rotatable bonds is 7. The van der Waals surface area contributed by atoms with Crippen LogP contribution in [-0.2, 0) is 4.79 Å². The zero-order chi connectivity index (χ0) is 18.0. The van der Waals surface area contributed by atoms with Gasteiger partial charge in [-0.15, -0.1) is 0 Å². The third kappa shape index (κ3) is 4.01. The van der Waals surface area contributed by atoms with Crippen molar-refractivity contribution in [2.75, 3.05) is 0 Å². The van der Waals surface area contributed by atoms with Gasteiger partial charge in [-0.1, -0.05) is 18.2 Å². The lowest BCUT2D eigenvalue weighted by molar-refractivity contribution is -0.140. The first-order chi connectivity index (χ1) is 12.0. The Morgan fingerprint density at radius 3 is 2.52 bits per heavy atom. The Bertz CT molecular complexity index is 773. The van der Waals surface area contributed by atoms with E-state index in [4.69, 9.17) is 5.11 Å². The van der Waals surface area contributed by atoms with Gasteiger partial charge in [0.25, 0.3) is 5.91 Å². The number of amides is 1. The molecule has 2 aromatic rings. The van der Waals surface area contributed by atoms with Crippen LogP contribution in [0, 0.1) is 0 Å². The summed E-state index contributed by atoms with van der Waals surface area (Å²) in [6.07, 6.45) is -1.82. The van der Waals surface area contributed by atoms with Gasteiger partial charge in [0, 0.05) is 12.3 Å². The van der Waals surface area contributed by atoms with Crippen LogP contribution >= 0.6 is 0 Å². The summed E-state index contributed by atoms with van der Waals surface area (Å²) in [6, 6.07) is 8.84. The van der Waals surface area contributed by atoms with Crippen molar-refractivity contribution in [3.8, 4) is 5.69 Å². The van der Waals surface area contributed by atoms with Crippen LogP contribution in [0.1, 0.15) is 41.4 Å². The Labute approximate surface area is 142 Å². The minimum Gasteiger partial charge on any atom is -0.480 e. The molecule has 1 aromatic carbocycles. The molecular weight excluding hydrogens is 332 g/mol. The number of hydrogen-bond donors (Lipinski definition) is 2. The molecule has 0 aliphatic heterocycles. The number of carboxylic acid groups (broad SMARTS) is 1. The van der Waals surface area contributed by atoms with Gasteiger partial charge in [-0.25, -0.2) is 18.3 Å². The molecule has 25 heavy (non-hydrogen) atoms. The van der Waals surface area contributed by atoms with Crippen molar-refractivity contribution >= 4 is 11.9 Å². The molecule has 1 fully saturated rings. The number of nitrogens with one attached hydrogen (secondary N) is 1. The zero-order valence-electron chi connectivity index (χ0n) is 13.2. The van der Waals surface area contributed by atoms with Gasteiger partial charge in [0.05, 0.1) is 11.4 Å². The fraction of sp³-hybridized carbons (Fsp3) is 0.353. The number of halogens is 2. The van der Waals surface area contributed by atoms with Crippen LogP contribution in [0.2, 0.25) is 0 Å². The minimum atomic E-state index is -2.83. The molecule has 6 nitrogen and oxygen atoms in total. The third-order valence-corrected chi connectivity index (χ3v) is 3.97. The number of nitrogens with zero attached hydrogens (tertiary/aromatic N) is 2. The molecular formula is C17H17F2N3O3. The van der Waals surface area contributed by atoms with Gasteiger partial charge >= 0.3 is 5.97 Å². The maximum atomic E-state index is 12.5. The average Bonchev–Trinajstić information content (AvgIpc) is 3.33. The zero-order valence-corrected chi connectivity index (χ0v) is 13.2. The molecule has 1 heterocycles. The summed E-state index contributed by atoms with van der Waals surface area (Å²) < 4.78 is 26.5. The lowest BCUT2D eigenvalue weighted by Gasteiger charge is -2.14. The van der Waals surface area contributed by atoms with Crippen molar-refractivity contribution in [3.63, 3.8) is 0 Å². The van der Waals surface area contributed by atoms with Gasteiger partial charge in [-0.05, 0) is 31.0 Å². The molecule has 3 rings (SSSR count). The van der Waals surface area contributed by atoms with Crippen molar-refractivity contribution in [3.05, 3.63) is 47.8 Å². The first-order valence-corrected chi connectivity index (χ1v) is 7.93. The van der Waals surface area contributed by atoms with E-state index in [2.05, 4.69) is 10.4 Å². The topological polar surface area (TPSA) is 84.2 Å². The summed E-state index contributed by atoms with van der Waals surface area (Å²) >= 11 is 0. The van der Waals surface area contributed by atoms with E-state index in [1.807, 2.05) is 6.07 Å². The van der Waals surface area contributed by atoms with Crippen molar-refractivity contribution in [1.82, 2.24) is 15.1 Å². The molecule has 1 atom stereocenters. The van der Waals surface area contributed by atoms with Crippen LogP contribution in [-0.4, -0.2) is 39.2 Å². The molecule has 8 heteroatoms. The second-order valence-corrected chi connectivity index (χ2v) is 5.97. The van der Waals surface area contributed by atoms with Crippen LogP contribution in [0.25, 0.3) is 5.69 Å². The van der Waals surface area contributed by atoms with Gasteiger partial charge in [0.15, 0.2) is 0 Å². The average molecular weight is 349 g/mol. The third-order valence-electron chi connectivity index (χ3n) is 3.97. The fourth-order valence-corrected chi connectivity index (χ4v) is 2.54. The number of carbonyl (C=O) groups excluding carboxylic acids is 1. The number of benzene rings is 1. The number of para-hydroxylation sites is 1. The van der Waals surface area contributed by atoms with E-state index in [0.717, 1.165) is 18.5 Å². The van der Waals surface area contributed by atoms with Crippen molar-refractivity contribution in [1.29, 1.82) is 0 Å². The van der Waals surface area contributed by atoms with E-state index in [-0.39, 0.29) is 11.6 Å². The number of carbonyl (C=O) groups is 2. The van der Waals surface area contributed by atoms with E-state index in [1.165, 1.54) is 4.68 Å². The van der Waals surface area contributed by atoms with E-state index >= 15 is 0 Å². The number of aliphatic carboxylic acids is 1. The second kappa shape index (κ2) is 7.00. The number of aromatic nitrogens is 2.